The Morgan fingerprint density at radius 1 is 1.19 bits per heavy atom. The van der Waals surface area contributed by atoms with E-state index < -0.39 is 26.4 Å². The van der Waals surface area contributed by atoms with Crippen molar-refractivity contribution in [3.05, 3.63) is 63.6 Å². The molecule has 0 bridgehead atoms. The van der Waals surface area contributed by atoms with Crippen molar-refractivity contribution >= 4 is 37.4 Å². The smallest absolute Gasteiger partial charge is 0.183 e. The molecule has 2 aromatic carbocycles. The molecule has 26 heavy (non-hydrogen) atoms. The van der Waals surface area contributed by atoms with Gasteiger partial charge in [0.1, 0.15) is 5.41 Å². The van der Waals surface area contributed by atoms with E-state index in [0.29, 0.717) is 11.6 Å². The summed E-state index contributed by atoms with van der Waals surface area (Å²) in [7, 11) is -3.71. The fourth-order valence-corrected chi connectivity index (χ4v) is 6.08. The van der Waals surface area contributed by atoms with Gasteiger partial charge in [0.15, 0.2) is 9.84 Å². The van der Waals surface area contributed by atoms with Crippen LogP contribution < -0.4 is 0 Å². The highest BCUT2D eigenvalue weighted by Gasteiger charge is 2.72. The monoisotopic (exact) mass is 453 g/mol. The van der Waals surface area contributed by atoms with Gasteiger partial charge < -0.3 is 4.74 Å². The van der Waals surface area contributed by atoms with Crippen LogP contribution in [0.4, 0.5) is 0 Å². The molecule has 0 N–H and O–H groups in total. The van der Waals surface area contributed by atoms with Crippen molar-refractivity contribution in [3.8, 4) is 6.07 Å². The van der Waals surface area contributed by atoms with Gasteiger partial charge in [0.25, 0.3) is 0 Å². The molecule has 2 aromatic rings. The topological polar surface area (TPSA) is 67.2 Å². The molecule has 136 valence electrons. The molecule has 4 nitrogen and oxygen atoms in total. The van der Waals surface area contributed by atoms with Crippen LogP contribution in [0.25, 0.3) is 0 Å². The number of sulfone groups is 1. The normalized spacial score (nSPS) is 24.8. The van der Waals surface area contributed by atoms with Crippen LogP contribution in [0.3, 0.4) is 0 Å². The van der Waals surface area contributed by atoms with Crippen molar-refractivity contribution in [2.75, 3.05) is 13.2 Å². The first-order chi connectivity index (χ1) is 12.4. The molecule has 0 saturated heterocycles. The molecule has 0 amide bonds. The van der Waals surface area contributed by atoms with Crippen molar-refractivity contribution in [2.45, 2.75) is 23.0 Å². The number of hydrogen-bond acceptors (Lipinski definition) is 4. The molecule has 0 unspecified atom stereocenters. The van der Waals surface area contributed by atoms with Crippen LogP contribution in [-0.2, 0) is 14.6 Å². The molecule has 0 aromatic heterocycles. The Balaban J connectivity index is 2.05. The largest absolute Gasteiger partial charge is 0.380 e. The van der Waals surface area contributed by atoms with Crippen LogP contribution >= 0.6 is 27.5 Å². The van der Waals surface area contributed by atoms with E-state index in [0.717, 1.165) is 10.0 Å². The minimum Gasteiger partial charge on any atom is -0.380 e. The number of halogens is 2. The van der Waals surface area contributed by atoms with Gasteiger partial charge >= 0.3 is 0 Å². The van der Waals surface area contributed by atoms with Gasteiger partial charge in [-0.3, -0.25) is 0 Å². The molecule has 7 heteroatoms. The molecule has 0 aliphatic heterocycles. The Labute approximate surface area is 166 Å². The van der Waals surface area contributed by atoms with E-state index in [2.05, 4.69) is 22.0 Å². The zero-order valence-electron chi connectivity index (χ0n) is 14.0. The summed E-state index contributed by atoms with van der Waals surface area (Å²) >= 11 is 9.26. The highest BCUT2D eigenvalue weighted by Crippen LogP contribution is 2.64. The molecule has 1 saturated carbocycles. The van der Waals surface area contributed by atoms with Crippen molar-refractivity contribution in [1.29, 1.82) is 5.26 Å². The Kier molecular flexibility index (Phi) is 5.45. The summed E-state index contributed by atoms with van der Waals surface area (Å²) in [4.78, 5) is 0.169. The number of nitrogens with zero attached hydrogens (tertiary/aromatic N) is 1. The molecule has 0 spiro atoms. The first kappa shape index (κ1) is 19.4. The van der Waals surface area contributed by atoms with E-state index in [1.807, 2.05) is 31.2 Å². The number of benzene rings is 2. The first-order valence-electron chi connectivity index (χ1n) is 8.10. The Bertz CT molecular complexity index is 938. The van der Waals surface area contributed by atoms with Gasteiger partial charge in [-0.15, -0.1) is 0 Å². The highest BCUT2D eigenvalue weighted by atomic mass is 79.9. The third-order valence-corrected chi connectivity index (χ3v) is 7.79. The van der Waals surface area contributed by atoms with Crippen LogP contribution in [0.5, 0.6) is 0 Å². The number of ether oxygens (including phenoxy) is 1. The first-order valence-corrected chi connectivity index (χ1v) is 10.8. The van der Waals surface area contributed by atoms with Crippen molar-refractivity contribution in [2.24, 2.45) is 5.41 Å². The maximum atomic E-state index is 13.2. The van der Waals surface area contributed by atoms with E-state index in [4.69, 9.17) is 16.3 Å². The lowest BCUT2D eigenvalue weighted by Gasteiger charge is -2.10. The van der Waals surface area contributed by atoms with Crippen LogP contribution in [0.1, 0.15) is 18.4 Å². The summed E-state index contributed by atoms with van der Waals surface area (Å²) in [5, 5.41) is 9.48. The zero-order valence-corrected chi connectivity index (χ0v) is 17.2. The molecule has 3 atom stereocenters. The maximum absolute atomic E-state index is 13.2. The van der Waals surface area contributed by atoms with Gasteiger partial charge in [-0.2, -0.15) is 5.26 Å². The highest BCUT2D eigenvalue weighted by molar-refractivity contribution is 9.10. The number of hydrogen-bond donors (Lipinski definition) is 0. The predicted octanol–water partition coefficient (Wildman–Crippen LogP) is 4.59. The number of nitriles is 1. The molecule has 0 radical (unpaired) electrons. The van der Waals surface area contributed by atoms with E-state index in [1.165, 1.54) is 12.1 Å². The van der Waals surface area contributed by atoms with E-state index in [9.17, 15) is 13.7 Å². The molecule has 1 aliphatic rings. The van der Waals surface area contributed by atoms with Crippen molar-refractivity contribution < 1.29 is 13.2 Å². The van der Waals surface area contributed by atoms with Crippen LogP contribution in [0.2, 0.25) is 5.02 Å². The Morgan fingerprint density at radius 2 is 1.81 bits per heavy atom. The third-order valence-electron chi connectivity index (χ3n) is 4.72. The molecular weight excluding hydrogens is 438 g/mol. The number of rotatable bonds is 6. The standard InChI is InChI=1S/C19H17BrClNO3S/c1-2-25-12-19(11-22)17(13-3-5-14(20)6-4-13)18(19)26(23,24)16-9-7-15(21)8-10-16/h3-10,17-18H,2,12H2,1H3/t17-,18-,19+/m0/s1. The molecule has 1 fully saturated rings. The lowest BCUT2D eigenvalue weighted by molar-refractivity contribution is 0.117. The fraction of sp³-hybridized carbons (Fsp3) is 0.316. The van der Waals surface area contributed by atoms with Crippen LogP contribution in [-0.4, -0.2) is 26.9 Å². The van der Waals surface area contributed by atoms with Crippen molar-refractivity contribution in [1.82, 2.24) is 0 Å². The lowest BCUT2D eigenvalue weighted by Crippen LogP contribution is -2.19. The van der Waals surface area contributed by atoms with Gasteiger partial charge in [-0.25, -0.2) is 8.42 Å². The minimum atomic E-state index is -3.71. The quantitative estimate of drug-likeness (QED) is 0.640. The van der Waals surface area contributed by atoms with Gasteiger partial charge in [-0.1, -0.05) is 39.7 Å². The maximum Gasteiger partial charge on any atom is 0.183 e. The summed E-state index contributed by atoms with van der Waals surface area (Å²) < 4.78 is 32.9. The summed E-state index contributed by atoms with van der Waals surface area (Å²) in [6.45, 7) is 2.33. The second kappa shape index (κ2) is 7.32. The van der Waals surface area contributed by atoms with E-state index >= 15 is 0 Å². The van der Waals surface area contributed by atoms with Gasteiger partial charge in [0.05, 0.1) is 22.8 Å². The average molecular weight is 455 g/mol. The second-order valence-corrected chi connectivity index (χ2v) is 9.66. The summed E-state index contributed by atoms with van der Waals surface area (Å²) in [6.07, 6.45) is 0. The Morgan fingerprint density at radius 3 is 2.35 bits per heavy atom. The van der Waals surface area contributed by atoms with Gasteiger partial charge in [-0.05, 0) is 48.9 Å². The average Bonchev–Trinajstić information content (AvgIpc) is 3.31. The zero-order chi connectivity index (χ0) is 18.9. The lowest BCUT2D eigenvalue weighted by atomic mass is 10.0. The molecule has 3 rings (SSSR count). The minimum absolute atomic E-state index is 0.0816. The van der Waals surface area contributed by atoms with Gasteiger partial charge in [0, 0.05) is 22.0 Å². The third kappa shape index (κ3) is 3.29. The summed E-state index contributed by atoms with van der Waals surface area (Å²) in [5.74, 6) is -0.437. The molecular formula is C19H17BrClNO3S. The van der Waals surface area contributed by atoms with Gasteiger partial charge in [0.2, 0.25) is 0 Å². The van der Waals surface area contributed by atoms with Crippen LogP contribution in [0, 0.1) is 16.7 Å². The summed E-state index contributed by atoms with van der Waals surface area (Å²) in [5.41, 5.74) is -0.278. The SMILES string of the molecule is CCOC[C@]1(C#N)[C@@H](c2ccc(Br)cc2)[C@@H]1S(=O)(=O)c1ccc(Cl)cc1. The molecule has 0 heterocycles. The molecule has 1 aliphatic carbocycles. The second-order valence-electron chi connectivity index (χ2n) is 6.24. The van der Waals surface area contributed by atoms with Crippen molar-refractivity contribution in [3.63, 3.8) is 0 Å². The Hall–Kier alpha value is -1.39. The fourth-order valence-electron chi connectivity index (χ4n) is 3.38. The predicted molar refractivity (Wildman–Crippen MR) is 104 cm³/mol. The van der Waals surface area contributed by atoms with E-state index in [1.54, 1.807) is 12.1 Å². The van der Waals surface area contributed by atoms with E-state index in [-0.39, 0.29) is 11.5 Å². The summed E-state index contributed by atoms with van der Waals surface area (Å²) in [6, 6.07) is 15.7. The van der Waals surface area contributed by atoms with Crippen LogP contribution in [0.15, 0.2) is 57.9 Å².